The number of carbonyl (C=O) groups is 1. The van der Waals surface area contributed by atoms with Gasteiger partial charge in [-0.25, -0.2) is 4.79 Å². The van der Waals surface area contributed by atoms with Gasteiger partial charge in [0.25, 0.3) is 0 Å². The second-order valence-electron chi connectivity index (χ2n) is 4.65. The van der Waals surface area contributed by atoms with E-state index in [1.165, 1.54) is 0 Å². The van der Waals surface area contributed by atoms with Crippen LogP contribution in [0.1, 0.15) is 26.7 Å². The van der Waals surface area contributed by atoms with Crippen LogP contribution in [0.25, 0.3) is 0 Å². The van der Waals surface area contributed by atoms with Gasteiger partial charge >= 0.3 is 6.03 Å². The Kier molecular flexibility index (Phi) is 6.12. The number of hydrogen-bond acceptors (Lipinski definition) is 2. The molecule has 0 unspecified atom stereocenters. The Balaban J connectivity index is 2.55. The summed E-state index contributed by atoms with van der Waals surface area (Å²) in [5.74, 6) is 0. The number of halogens is 1. The summed E-state index contributed by atoms with van der Waals surface area (Å²) in [6.07, 6.45) is 1.62. The van der Waals surface area contributed by atoms with E-state index in [1.807, 2.05) is 13.8 Å². The van der Waals surface area contributed by atoms with Crippen LogP contribution in [0.5, 0.6) is 0 Å². The number of rotatable bonds is 6. The summed E-state index contributed by atoms with van der Waals surface area (Å²) in [5, 5.41) is 15.4. The molecule has 3 N–H and O–H groups in total. The Hall–Kier alpha value is -1.26. The van der Waals surface area contributed by atoms with Crippen LogP contribution in [-0.4, -0.2) is 24.3 Å². The average Bonchev–Trinajstić information content (AvgIpc) is 2.44. The quantitative estimate of drug-likeness (QED) is 0.751. The van der Waals surface area contributed by atoms with Crippen LogP contribution in [0.3, 0.4) is 0 Å². The molecule has 0 radical (unpaired) electrons. The van der Waals surface area contributed by atoms with Crippen molar-refractivity contribution >= 4 is 23.3 Å². The number of anilines is 1. The van der Waals surface area contributed by atoms with Crippen LogP contribution < -0.4 is 10.6 Å². The highest BCUT2D eigenvalue weighted by atomic mass is 35.5. The van der Waals surface area contributed by atoms with Gasteiger partial charge in [-0.15, -0.1) is 0 Å². The topological polar surface area (TPSA) is 61.4 Å². The van der Waals surface area contributed by atoms with Gasteiger partial charge in [0.15, 0.2) is 0 Å². The first kappa shape index (κ1) is 15.8. The Morgan fingerprint density at radius 3 is 2.47 bits per heavy atom. The molecular formula is C14H21ClN2O2. The molecule has 0 saturated heterocycles. The van der Waals surface area contributed by atoms with Gasteiger partial charge in [0.2, 0.25) is 0 Å². The highest BCUT2D eigenvalue weighted by molar-refractivity contribution is 6.33. The molecule has 19 heavy (non-hydrogen) atoms. The van der Waals surface area contributed by atoms with Crippen molar-refractivity contribution in [2.45, 2.75) is 26.7 Å². The van der Waals surface area contributed by atoms with Crippen molar-refractivity contribution in [2.24, 2.45) is 5.41 Å². The average molecular weight is 285 g/mol. The maximum Gasteiger partial charge on any atom is 0.319 e. The van der Waals surface area contributed by atoms with Gasteiger partial charge in [0.05, 0.1) is 17.3 Å². The van der Waals surface area contributed by atoms with E-state index in [-0.39, 0.29) is 18.1 Å². The van der Waals surface area contributed by atoms with Crippen molar-refractivity contribution in [3.8, 4) is 0 Å². The molecule has 1 aromatic rings. The second kappa shape index (κ2) is 7.36. The van der Waals surface area contributed by atoms with Crippen molar-refractivity contribution in [3.05, 3.63) is 29.3 Å². The van der Waals surface area contributed by atoms with Gasteiger partial charge in [0.1, 0.15) is 0 Å². The van der Waals surface area contributed by atoms with E-state index < -0.39 is 0 Å². The summed E-state index contributed by atoms with van der Waals surface area (Å²) in [5.41, 5.74) is 0.321. The Morgan fingerprint density at radius 1 is 1.32 bits per heavy atom. The number of urea groups is 1. The normalized spacial score (nSPS) is 11.2. The fraction of sp³-hybridized carbons (Fsp3) is 0.500. The maximum atomic E-state index is 11.8. The largest absolute Gasteiger partial charge is 0.396 e. The number of aliphatic hydroxyl groups is 1. The zero-order valence-corrected chi connectivity index (χ0v) is 12.1. The molecule has 0 aliphatic heterocycles. The Bertz CT molecular complexity index is 411. The van der Waals surface area contributed by atoms with E-state index in [4.69, 9.17) is 11.6 Å². The summed E-state index contributed by atoms with van der Waals surface area (Å²) in [6.45, 7) is 4.51. The summed E-state index contributed by atoms with van der Waals surface area (Å²) >= 11 is 5.96. The van der Waals surface area contributed by atoms with E-state index in [0.29, 0.717) is 17.3 Å². The van der Waals surface area contributed by atoms with E-state index in [9.17, 15) is 9.90 Å². The number of amides is 2. The van der Waals surface area contributed by atoms with Gasteiger partial charge in [-0.1, -0.05) is 37.6 Å². The van der Waals surface area contributed by atoms with E-state index in [1.54, 1.807) is 24.3 Å². The molecule has 0 atom stereocenters. The molecule has 0 spiro atoms. The first-order chi connectivity index (χ1) is 9.06. The third-order valence-electron chi connectivity index (χ3n) is 3.58. The fourth-order valence-electron chi connectivity index (χ4n) is 1.78. The molecule has 0 aliphatic rings. The highest BCUT2D eigenvalue weighted by Gasteiger charge is 2.25. The summed E-state index contributed by atoms with van der Waals surface area (Å²) < 4.78 is 0. The Labute approximate surface area is 119 Å². The molecule has 0 fully saturated rings. The van der Waals surface area contributed by atoms with Crippen molar-refractivity contribution in [1.29, 1.82) is 0 Å². The van der Waals surface area contributed by atoms with Gasteiger partial charge in [-0.3, -0.25) is 0 Å². The minimum atomic E-state index is -0.312. The van der Waals surface area contributed by atoms with Gasteiger partial charge < -0.3 is 15.7 Å². The molecule has 0 aliphatic carbocycles. The molecule has 4 nitrogen and oxygen atoms in total. The van der Waals surface area contributed by atoms with Crippen LogP contribution in [0, 0.1) is 5.41 Å². The van der Waals surface area contributed by atoms with Crippen molar-refractivity contribution in [2.75, 3.05) is 18.5 Å². The first-order valence-corrected chi connectivity index (χ1v) is 6.85. The number of aliphatic hydroxyl groups excluding tert-OH is 1. The van der Waals surface area contributed by atoms with Crippen LogP contribution in [0.2, 0.25) is 5.02 Å². The standard InChI is InChI=1S/C14H21ClN2O2/c1-3-14(4-2,10-18)9-16-13(19)17-12-8-6-5-7-11(12)15/h5-8,18H,3-4,9-10H2,1-2H3,(H2,16,17,19). The zero-order valence-electron chi connectivity index (χ0n) is 11.4. The summed E-state index contributed by atoms with van der Waals surface area (Å²) in [7, 11) is 0. The van der Waals surface area contributed by atoms with Crippen LogP contribution in [0.15, 0.2) is 24.3 Å². The molecule has 5 heteroatoms. The fourth-order valence-corrected chi connectivity index (χ4v) is 1.96. The summed E-state index contributed by atoms with van der Waals surface area (Å²) in [4.78, 5) is 11.8. The lowest BCUT2D eigenvalue weighted by atomic mass is 9.83. The maximum absolute atomic E-state index is 11.8. The molecule has 106 valence electrons. The molecule has 2 amide bonds. The third kappa shape index (κ3) is 4.40. The molecule has 0 bridgehead atoms. The number of hydrogen-bond donors (Lipinski definition) is 3. The predicted molar refractivity (Wildman–Crippen MR) is 78.6 cm³/mol. The van der Waals surface area contributed by atoms with Gasteiger partial charge in [-0.2, -0.15) is 0 Å². The number of benzene rings is 1. The summed E-state index contributed by atoms with van der Waals surface area (Å²) in [6, 6.07) is 6.75. The number of para-hydroxylation sites is 1. The first-order valence-electron chi connectivity index (χ1n) is 6.47. The number of carbonyl (C=O) groups excluding carboxylic acids is 1. The van der Waals surface area contributed by atoms with E-state index in [2.05, 4.69) is 10.6 Å². The van der Waals surface area contributed by atoms with E-state index >= 15 is 0 Å². The Morgan fingerprint density at radius 2 is 1.95 bits per heavy atom. The van der Waals surface area contributed by atoms with Crippen molar-refractivity contribution < 1.29 is 9.90 Å². The molecule has 1 rings (SSSR count). The van der Waals surface area contributed by atoms with Crippen LogP contribution in [0.4, 0.5) is 10.5 Å². The minimum Gasteiger partial charge on any atom is -0.396 e. The molecule has 0 saturated carbocycles. The van der Waals surface area contributed by atoms with Crippen molar-refractivity contribution in [1.82, 2.24) is 5.32 Å². The third-order valence-corrected chi connectivity index (χ3v) is 3.91. The smallest absolute Gasteiger partial charge is 0.319 e. The lowest BCUT2D eigenvalue weighted by Gasteiger charge is -2.29. The van der Waals surface area contributed by atoms with Crippen LogP contribution >= 0.6 is 11.6 Å². The van der Waals surface area contributed by atoms with E-state index in [0.717, 1.165) is 12.8 Å². The zero-order chi connectivity index (χ0) is 14.3. The SMILES string of the molecule is CCC(CC)(CO)CNC(=O)Nc1ccccc1Cl. The lowest BCUT2D eigenvalue weighted by Crippen LogP contribution is -2.41. The molecule has 0 aromatic heterocycles. The molecular weight excluding hydrogens is 264 g/mol. The lowest BCUT2D eigenvalue weighted by molar-refractivity contribution is 0.116. The number of nitrogens with one attached hydrogen (secondary N) is 2. The second-order valence-corrected chi connectivity index (χ2v) is 5.06. The minimum absolute atomic E-state index is 0.0619. The van der Waals surface area contributed by atoms with Gasteiger partial charge in [0, 0.05) is 12.0 Å². The highest BCUT2D eigenvalue weighted by Crippen LogP contribution is 2.24. The van der Waals surface area contributed by atoms with Crippen molar-refractivity contribution in [3.63, 3.8) is 0 Å². The predicted octanol–water partition coefficient (Wildman–Crippen LogP) is 3.26. The van der Waals surface area contributed by atoms with Gasteiger partial charge in [-0.05, 0) is 25.0 Å². The monoisotopic (exact) mass is 284 g/mol. The van der Waals surface area contributed by atoms with Crippen LogP contribution in [-0.2, 0) is 0 Å². The molecule has 1 aromatic carbocycles. The molecule has 0 heterocycles.